The SMILES string of the molecule is Cc1cc(C)cc(OCC(=O)Oc2ccc3cc(C(=O)NC(C)c4ccccc4)c(=O)oc3c2)c1. The molecule has 0 spiro atoms. The van der Waals surface area contributed by atoms with Crippen molar-refractivity contribution >= 4 is 22.8 Å². The molecule has 0 aliphatic rings. The third kappa shape index (κ3) is 5.95. The molecule has 0 radical (unpaired) electrons. The van der Waals surface area contributed by atoms with E-state index in [0.29, 0.717) is 11.1 Å². The minimum Gasteiger partial charge on any atom is -0.482 e. The predicted octanol–water partition coefficient (Wildman–Crippen LogP) is 4.89. The van der Waals surface area contributed by atoms with Crippen molar-refractivity contribution in [3.05, 3.63) is 105 Å². The summed E-state index contributed by atoms with van der Waals surface area (Å²) in [7, 11) is 0. The van der Waals surface area contributed by atoms with Gasteiger partial charge >= 0.3 is 11.6 Å². The van der Waals surface area contributed by atoms with Crippen LogP contribution in [0.5, 0.6) is 11.5 Å². The highest BCUT2D eigenvalue weighted by Gasteiger charge is 2.17. The Morgan fingerprint density at radius 1 is 0.914 bits per heavy atom. The average molecular weight is 472 g/mol. The summed E-state index contributed by atoms with van der Waals surface area (Å²) in [5.41, 5.74) is 2.28. The quantitative estimate of drug-likeness (QED) is 0.234. The topological polar surface area (TPSA) is 94.8 Å². The molecule has 4 aromatic rings. The second-order valence-corrected chi connectivity index (χ2v) is 8.34. The fourth-order valence-electron chi connectivity index (χ4n) is 3.73. The Kier molecular flexibility index (Phi) is 6.96. The van der Waals surface area contributed by atoms with Gasteiger partial charge in [0.1, 0.15) is 22.6 Å². The number of hydrogen-bond donors (Lipinski definition) is 1. The van der Waals surface area contributed by atoms with Crippen LogP contribution in [0.25, 0.3) is 11.0 Å². The van der Waals surface area contributed by atoms with Crippen LogP contribution in [-0.2, 0) is 4.79 Å². The van der Waals surface area contributed by atoms with Gasteiger partial charge in [-0.15, -0.1) is 0 Å². The monoisotopic (exact) mass is 471 g/mol. The van der Waals surface area contributed by atoms with Crippen molar-refractivity contribution in [2.24, 2.45) is 0 Å². The molecular formula is C28H25NO6. The van der Waals surface area contributed by atoms with E-state index in [2.05, 4.69) is 5.32 Å². The zero-order valence-corrected chi connectivity index (χ0v) is 19.7. The molecule has 0 saturated carbocycles. The summed E-state index contributed by atoms with van der Waals surface area (Å²) in [6.07, 6.45) is 0. The molecule has 1 atom stereocenters. The number of hydrogen-bond acceptors (Lipinski definition) is 6. The zero-order valence-electron chi connectivity index (χ0n) is 19.7. The molecule has 178 valence electrons. The Labute approximate surface area is 202 Å². The number of carbonyl (C=O) groups excluding carboxylic acids is 2. The lowest BCUT2D eigenvalue weighted by atomic mass is 10.1. The first-order valence-corrected chi connectivity index (χ1v) is 11.1. The molecule has 1 N–H and O–H groups in total. The van der Waals surface area contributed by atoms with Gasteiger partial charge in [-0.1, -0.05) is 36.4 Å². The highest BCUT2D eigenvalue weighted by Crippen LogP contribution is 2.22. The lowest BCUT2D eigenvalue weighted by molar-refractivity contribution is -0.136. The highest BCUT2D eigenvalue weighted by atomic mass is 16.6. The number of rotatable bonds is 7. The molecule has 0 aliphatic carbocycles. The van der Waals surface area contributed by atoms with Gasteiger partial charge in [-0.25, -0.2) is 9.59 Å². The fraction of sp³-hybridized carbons (Fsp3) is 0.179. The Bertz CT molecular complexity index is 1420. The van der Waals surface area contributed by atoms with Crippen molar-refractivity contribution < 1.29 is 23.5 Å². The van der Waals surface area contributed by atoms with Crippen LogP contribution < -0.4 is 20.4 Å². The van der Waals surface area contributed by atoms with E-state index in [4.69, 9.17) is 13.9 Å². The van der Waals surface area contributed by atoms with Crippen LogP contribution in [0, 0.1) is 13.8 Å². The first-order chi connectivity index (χ1) is 16.8. The zero-order chi connectivity index (χ0) is 24.9. The molecule has 0 fully saturated rings. The van der Waals surface area contributed by atoms with Gasteiger partial charge in [0.25, 0.3) is 5.91 Å². The fourth-order valence-corrected chi connectivity index (χ4v) is 3.73. The van der Waals surface area contributed by atoms with Crippen molar-refractivity contribution in [1.29, 1.82) is 0 Å². The normalized spacial score (nSPS) is 11.6. The lowest BCUT2D eigenvalue weighted by Gasteiger charge is -2.14. The van der Waals surface area contributed by atoms with Gasteiger partial charge in [-0.3, -0.25) is 4.79 Å². The summed E-state index contributed by atoms with van der Waals surface area (Å²) in [6, 6.07) is 20.9. The molecule has 3 aromatic carbocycles. The van der Waals surface area contributed by atoms with Crippen molar-refractivity contribution in [3.63, 3.8) is 0 Å². The number of fused-ring (bicyclic) bond motifs is 1. The molecule has 35 heavy (non-hydrogen) atoms. The maximum atomic E-state index is 12.7. The van der Waals surface area contributed by atoms with E-state index < -0.39 is 17.5 Å². The smallest absolute Gasteiger partial charge is 0.349 e. The van der Waals surface area contributed by atoms with Crippen LogP contribution in [-0.4, -0.2) is 18.5 Å². The highest BCUT2D eigenvalue weighted by molar-refractivity contribution is 5.97. The lowest BCUT2D eigenvalue weighted by Crippen LogP contribution is -2.30. The number of carbonyl (C=O) groups is 2. The molecular weight excluding hydrogens is 446 g/mol. The molecule has 0 aliphatic heterocycles. The second-order valence-electron chi connectivity index (χ2n) is 8.34. The minimum absolute atomic E-state index is 0.105. The van der Waals surface area contributed by atoms with Gasteiger partial charge in [0, 0.05) is 11.5 Å². The van der Waals surface area contributed by atoms with Crippen LogP contribution in [0.3, 0.4) is 0 Å². The van der Waals surface area contributed by atoms with Crippen molar-refractivity contribution in [2.75, 3.05) is 6.61 Å². The van der Waals surface area contributed by atoms with E-state index in [9.17, 15) is 14.4 Å². The molecule has 7 heteroatoms. The van der Waals surface area contributed by atoms with Gasteiger partial charge in [-0.2, -0.15) is 0 Å². The van der Waals surface area contributed by atoms with E-state index in [-0.39, 0.29) is 29.5 Å². The number of esters is 1. The molecule has 1 aromatic heterocycles. The Morgan fingerprint density at radius 2 is 1.63 bits per heavy atom. The largest absolute Gasteiger partial charge is 0.482 e. The molecule has 1 amide bonds. The maximum Gasteiger partial charge on any atom is 0.349 e. The summed E-state index contributed by atoms with van der Waals surface area (Å²) in [5.74, 6) is -0.353. The van der Waals surface area contributed by atoms with Crippen LogP contribution in [0.2, 0.25) is 0 Å². The molecule has 1 unspecified atom stereocenters. The number of aryl methyl sites for hydroxylation is 2. The van der Waals surface area contributed by atoms with Crippen LogP contribution in [0.4, 0.5) is 0 Å². The Hall–Kier alpha value is -4.39. The summed E-state index contributed by atoms with van der Waals surface area (Å²) in [4.78, 5) is 37.4. The Balaban J connectivity index is 1.44. The summed E-state index contributed by atoms with van der Waals surface area (Å²) >= 11 is 0. The summed E-state index contributed by atoms with van der Waals surface area (Å²) in [6.45, 7) is 5.45. The van der Waals surface area contributed by atoms with Crippen molar-refractivity contribution in [3.8, 4) is 11.5 Å². The third-order valence-corrected chi connectivity index (χ3v) is 5.38. The minimum atomic E-state index is -0.781. The molecule has 7 nitrogen and oxygen atoms in total. The van der Waals surface area contributed by atoms with Crippen molar-refractivity contribution in [1.82, 2.24) is 5.32 Å². The second kappa shape index (κ2) is 10.3. The van der Waals surface area contributed by atoms with Gasteiger partial charge in [0.05, 0.1) is 6.04 Å². The first kappa shape index (κ1) is 23.8. The Morgan fingerprint density at radius 3 is 2.34 bits per heavy atom. The summed E-state index contributed by atoms with van der Waals surface area (Å²) in [5, 5.41) is 3.33. The van der Waals surface area contributed by atoms with Gasteiger partial charge in [0.2, 0.25) is 0 Å². The van der Waals surface area contributed by atoms with Crippen LogP contribution in [0.1, 0.15) is 40.0 Å². The number of ether oxygens (including phenoxy) is 2. The molecule has 0 bridgehead atoms. The summed E-state index contributed by atoms with van der Waals surface area (Å²) < 4.78 is 16.2. The molecule has 1 heterocycles. The van der Waals surface area contributed by atoms with Gasteiger partial charge in [0.15, 0.2) is 6.61 Å². The number of amides is 1. The van der Waals surface area contributed by atoms with Crippen LogP contribution >= 0.6 is 0 Å². The van der Waals surface area contributed by atoms with Gasteiger partial charge in [-0.05, 0) is 67.8 Å². The third-order valence-electron chi connectivity index (χ3n) is 5.38. The molecule has 0 saturated heterocycles. The first-order valence-electron chi connectivity index (χ1n) is 11.1. The van der Waals surface area contributed by atoms with Gasteiger partial charge < -0.3 is 19.2 Å². The van der Waals surface area contributed by atoms with E-state index in [1.165, 1.54) is 12.1 Å². The number of benzene rings is 3. The van der Waals surface area contributed by atoms with Crippen LogP contribution in [0.15, 0.2) is 82.0 Å². The molecule has 4 rings (SSSR count). The van der Waals surface area contributed by atoms with E-state index in [1.807, 2.05) is 69.3 Å². The number of nitrogens with one attached hydrogen (secondary N) is 1. The van der Waals surface area contributed by atoms with E-state index >= 15 is 0 Å². The predicted molar refractivity (Wildman–Crippen MR) is 132 cm³/mol. The average Bonchev–Trinajstić information content (AvgIpc) is 2.82. The van der Waals surface area contributed by atoms with E-state index in [1.54, 1.807) is 12.1 Å². The van der Waals surface area contributed by atoms with Crippen molar-refractivity contribution in [2.45, 2.75) is 26.8 Å². The van der Waals surface area contributed by atoms with E-state index in [0.717, 1.165) is 16.7 Å². The maximum absolute atomic E-state index is 12.7. The standard InChI is InChI=1S/C28H25NO6/c1-17-11-18(2)13-23(12-17)33-16-26(30)34-22-10-9-21-14-24(28(32)35-25(21)15-22)27(31)29-19(3)20-7-5-4-6-8-20/h4-15,19H,16H2,1-3H3,(H,29,31).